The van der Waals surface area contributed by atoms with Gasteiger partial charge in [0.1, 0.15) is 0 Å². The summed E-state index contributed by atoms with van der Waals surface area (Å²) >= 11 is 8.75. The van der Waals surface area contributed by atoms with Crippen LogP contribution in [0.2, 0.25) is 5.02 Å². The van der Waals surface area contributed by atoms with Crippen molar-refractivity contribution in [3.63, 3.8) is 0 Å². The van der Waals surface area contributed by atoms with Crippen LogP contribution >= 0.6 is 34.7 Å². The van der Waals surface area contributed by atoms with Gasteiger partial charge in [-0.1, -0.05) is 40.8 Å². The molecule has 0 aliphatic rings. The average Bonchev–Trinajstić information content (AvgIpc) is 3.14. The highest BCUT2D eigenvalue weighted by Crippen LogP contribution is 2.28. The first-order valence-electron chi connectivity index (χ1n) is 7.52. The van der Waals surface area contributed by atoms with Gasteiger partial charge >= 0.3 is 0 Å². The van der Waals surface area contributed by atoms with Gasteiger partial charge in [0, 0.05) is 5.02 Å². The van der Waals surface area contributed by atoms with E-state index in [0.717, 1.165) is 26.4 Å². The molecule has 5 nitrogen and oxygen atoms in total. The van der Waals surface area contributed by atoms with Gasteiger partial charge in [-0.15, -0.1) is 0 Å². The summed E-state index contributed by atoms with van der Waals surface area (Å²) in [4.78, 5) is 24.3. The van der Waals surface area contributed by atoms with Crippen LogP contribution in [0.5, 0.6) is 0 Å². The number of thiazole rings is 1. The zero-order chi connectivity index (χ0) is 17.4. The molecule has 0 aliphatic heterocycles. The summed E-state index contributed by atoms with van der Waals surface area (Å²) in [6.07, 6.45) is 0. The number of anilines is 1. The van der Waals surface area contributed by atoms with Gasteiger partial charge in [0.15, 0.2) is 10.3 Å². The minimum Gasteiger partial charge on any atom is -0.333 e. The molecule has 0 radical (unpaired) electrons. The van der Waals surface area contributed by atoms with Gasteiger partial charge in [-0.25, -0.2) is 9.97 Å². The summed E-state index contributed by atoms with van der Waals surface area (Å²) in [5.41, 5.74) is 3.83. The lowest BCUT2D eigenvalue weighted by atomic mass is 10.2. The van der Waals surface area contributed by atoms with Crippen molar-refractivity contribution in [2.45, 2.75) is 12.1 Å². The van der Waals surface area contributed by atoms with Crippen LogP contribution in [0.25, 0.3) is 21.3 Å². The predicted octanol–water partition coefficient (Wildman–Crippen LogP) is 4.87. The molecule has 0 fully saturated rings. The van der Waals surface area contributed by atoms with E-state index in [0.29, 0.717) is 10.2 Å². The predicted molar refractivity (Wildman–Crippen MR) is 105 cm³/mol. The number of nitrogens with zero attached hydrogens (tertiary/aromatic N) is 2. The zero-order valence-electron chi connectivity index (χ0n) is 13.2. The van der Waals surface area contributed by atoms with E-state index in [4.69, 9.17) is 11.6 Å². The van der Waals surface area contributed by atoms with E-state index in [1.165, 1.54) is 28.7 Å². The van der Waals surface area contributed by atoms with Crippen molar-refractivity contribution in [3.8, 4) is 0 Å². The van der Waals surface area contributed by atoms with Crippen LogP contribution in [-0.2, 0) is 4.79 Å². The van der Waals surface area contributed by atoms with Crippen molar-refractivity contribution in [1.82, 2.24) is 15.0 Å². The molecule has 8 heteroatoms. The molecule has 0 saturated heterocycles. The maximum atomic E-state index is 12.2. The minimum absolute atomic E-state index is 0.119. The maximum Gasteiger partial charge on any atom is 0.236 e. The van der Waals surface area contributed by atoms with E-state index in [2.05, 4.69) is 20.3 Å². The van der Waals surface area contributed by atoms with Crippen molar-refractivity contribution >= 4 is 67.0 Å². The lowest BCUT2D eigenvalue weighted by Gasteiger charge is -1.99. The molecule has 126 valence electrons. The first-order valence-corrected chi connectivity index (χ1v) is 9.70. The molecule has 4 rings (SSSR count). The van der Waals surface area contributed by atoms with E-state index >= 15 is 0 Å². The average molecular weight is 389 g/mol. The second-order valence-electron chi connectivity index (χ2n) is 5.53. The number of rotatable bonds is 4. The summed E-state index contributed by atoms with van der Waals surface area (Å²) in [6, 6.07) is 11.5. The third-order valence-electron chi connectivity index (χ3n) is 3.55. The Balaban J connectivity index is 1.42. The third-order valence-corrected chi connectivity index (χ3v) is 5.61. The highest BCUT2D eigenvalue weighted by Gasteiger charge is 2.10. The van der Waals surface area contributed by atoms with Gasteiger partial charge in [0.25, 0.3) is 0 Å². The number of carbonyl (C=O) groups excluding carboxylic acids is 1. The van der Waals surface area contributed by atoms with Gasteiger partial charge < -0.3 is 10.3 Å². The molecule has 4 aromatic rings. The number of aromatic nitrogens is 3. The number of fused-ring (bicyclic) bond motifs is 2. The first-order chi connectivity index (χ1) is 12.1. The van der Waals surface area contributed by atoms with Crippen LogP contribution in [0.3, 0.4) is 0 Å². The molecular weight excluding hydrogens is 376 g/mol. The van der Waals surface area contributed by atoms with Crippen molar-refractivity contribution in [2.75, 3.05) is 11.1 Å². The molecule has 25 heavy (non-hydrogen) atoms. The lowest BCUT2D eigenvalue weighted by Crippen LogP contribution is -2.13. The summed E-state index contributed by atoms with van der Waals surface area (Å²) in [6.45, 7) is 2.03. The zero-order valence-corrected chi connectivity index (χ0v) is 15.6. The molecule has 0 atom stereocenters. The number of thioether (sulfide) groups is 1. The molecule has 2 aromatic heterocycles. The number of halogens is 1. The minimum atomic E-state index is -0.119. The van der Waals surface area contributed by atoms with Gasteiger partial charge in [0.05, 0.1) is 27.0 Å². The Morgan fingerprint density at radius 3 is 3.00 bits per heavy atom. The number of carbonyl (C=O) groups is 1. The van der Waals surface area contributed by atoms with E-state index in [9.17, 15) is 4.79 Å². The second kappa shape index (κ2) is 6.67. The Bertz CT molecular complexity index is 1090. The fourth-order valence-electron chi connectivity index (χ4n) is 2.41. The molecule has 0 unspecified atom stereocenters. The largest absolute Gasteiger partial charge is 0.333 e. The topological polar surface area (TPSA) is 70.7 Å². The second-order valence-corrected chi connectivity index (χ2v) is 7.96. The number of H-pyrrole nitrogens is 1. The monoisotopic (exact) mass is 388 g/mol. The Morgan fingerprint density at radius 1 is 1.24 bits per heavy atom. The molecule has 2 N–H and O–H groups in total. The number of aromatic amines is 1. The Hall–Kier alpha value is -2.09. The Kier molecular flexibility index (Phi) is 4.37. The summed E-state index contributed by atoms with van der Waals surface area (Å²) in [7, 11) is 0. The third kappa shape index (κ3) is 3.63. The Morgan fingerprint density at radius 2 is 2.12 bits per heavy atom. The van der Waals surface area contributed by atoms with Crippen molar-refractivity contribution in [1.29, 1.82) is 0 Å². The number of nitrogens with one attached hydrogen (secondary N) is 2. The molecular formula is C17H13ClN4OS2. The summed E-state index contributed by atoms with van der Waals surface area (Å²) in [5.74, 6) is 0.141. The van der Waals surface area contributed by atoms with Gasteiger partial charge in [0.2, 0.25) is 5.91 Å². The molecule has 2 aromatic carbocycles. The number of imidazole rings is 1. The number of hydrogen-bond acceptors (Lipinski definition) is 5. The van der Waals surface area contributed by atoms with Crippen LogP contribution in [0.4, 0.5) is 5.13 Å². The molecule has 0 bridgehead atoms. The molecule has 0 saturated carbocycles. The normalized spacial score (nSPS) is 11.3. The number of benzene rings is 2. The standard InChI is InChI=1S/C17H13ClN4OS2/c1-9-2-4-11-12(6-9)20-16(19-11)24-8-15(23)22-17-21-13-7-10(18)3-5-14(13)25-17/h2-7H,8H2,1H3,(H,19,20)(H,21,22,23). The fraction of sp³-hybridized carbons (Fsp3) is 0.118. The summed E-state index contributed by atoms with van der Waals surface area (Å²) in [5, 5.41) is 4.76. The van der Waals surface area contributed by atoms with Crippen LogP contribution < -0.4 is 5.32 Å². The SMILES string of the molecule is Cc1ccc2nc(SCC(=O)Nc3nc4cc(Cl)ccc4s3)[nH]c2c1. The smallest absolute Gasteiger partial charge is 0.236 e. The van der Waals surface area contributed by atoms with E-state index < -0.39 is 0 Å². The number of amides is 1. The number of hydrogen-bond donors (Lipinski definition) is 2. The van der Waals surface area contributed by atoms with E-state index in [1.54, 1.807) is 6.07 Å². The Labute approximate surface area is 156 Å². The van der Waals surface area contributed by atoms with Gasteiger partial charge in [-0.05, 0) is 42.8 Å². The first kappa shape index (κ1) is 16.4. The van der Waals surface area contributed by atoms with Gasteiger partial charge in [-0.2, -0.15) is 0 Å². The van der Waals surface area contributed by atoms with Crippen LogP contribution in [0, 0.1) is 6.92 Å². The maximum absolute atomic E-state index is 12.2. The van der Waals surface area contributed by atoms with Crippen molar-refractivity contribution in [2.24, 2.45) is 0 Å². The molecule has 0 spiro atoms. The van der Waals surface area contributed by atoms with Crippen molar-refractivity contribution in [3.05, 3.63) is 47.0 Å². The fourth-order valence-corrected chi connectivity index (χ4v) is 4.13. The van der Waals surface area contributed by atoms with Gasteiger partial charge in [-0.3, -0.25) is 4.79 Å². The molecule has 0 aliphatic carbocycles. The molecule has 1 amide bonds. The van der Waals surface area contributed by atoms with Crippen molar-refractivity contribution < 1.29 is 4.79 Å². The van der Waals surface area contributed by atoms with E-state index in [1.807, 2.05) is 37.3 Å². The van der Waals surface area contributed by atoms with Crippen LogP contribution in [0.1, 0.15) is 5.56 Å². The quantitative estimate of drug-likeness (QED) is 0.489. The molecule has 2 heterocycles. The summed E-state index contributed by atoms with van der Waals surface area (Å²) < 4.78 is 0.986. The van der Waals surface area contributed by atoms with Crippen LogP contribution in [-0.4, -0.2) is 26.6 Å². The highest BCUT2D eigenvalue weighted by atomic mass is 35.5. The van der Waals surface area contributed by atoms with E-state index in [-0.39, 0.29) is 11.7 Å². The van der Waals surface area contributed by atoms with Crippen LogP contribution in [0.15, 0.2) is 41.6 Å². The highest BCUT2D eigenvalue weighted by molar-refractivity contribution is 7.99. The lowest BCUT2D eigenvalue weighted by molar-refractivity contribution is -0.113. The number of aryl methyl sites for hydroxylation is 1.